The number of halogens is 1. The lowest BCUT2D eigenvalue weighted by Crippen LogP contribution is -2.48. The normalized spacial score (nSPS) is 21.3. The Morgan fingerprint density at radius 3 is 2.71 bits per heavy atom. The average Bonchev–Trinajstić information content (AvgIpc) is 3.64. The topological polar surface area (TPSA) is 118 Å². The van der Waals surface area contributed by atoms with Crippen molar-refractivity contribution >= 4 is 22.8 Å². The zero-order chi connectivity index (χ0) is 26.8. The third-order valence-electron chi connectivity index (χ3n) is 7.49. The van der Waals surface area contributed by atoms with Crippen molar-refractivity contribution in [3.63, 3.8) is 0 Å². The lowest BCUT2D eigenvalue weighted by Gasteiger charge is -2.35. The van der Waals surface area contributed by atoms with E-state index in [0.717, 1.165) is 32.1 Å². The van der Waals surface area contributed by atoms with Gasteiger partial charge in [0.25, 0.3) is 5.91 Å². The maximum atomic E-state index is 14.3. The largest absolute Gasteiger partial charge is 0.493 e. The van der Waals surface area contributed by atoms with Crippen LogP contribution in [0.4, 0.5) is 4.39 Å². The van der Waals surface area contributed by atoms with E-state index >= 15 is 0 Å². The van der Waals surface area contributed by atoms with Gasteiger partial charge in [-0.1, -0.05) is 6.92 Å². The molecule has 38 heavy (non-hydrogen) atoms. The molecule has 2 aromatic heterocycles. The summed E-state index contributed by atoms with van der Waals surface area (Å²) in [5, 5.41) is 6.18. The molecule has 2 heterocycles. The maximum Gasteiger partial charge on any atom is 0.255 e. The molecule has 2 aliphatic rings. The number of ether oxygens (including phenoxy) is 2. The van der Waals surface area contributed by atoms with Crippen LogP contribution in [0, 0.1) is 24.6 Å². The number of aryl methyl sites for hydroxylation is 1. The molecule has 1 aromatic carbocycles. The van der Waals surface area contributed by atoms with E-state index < -0.39 is 5.82 Å². The quantitative estimate of drug-likeness (QED) is 0.391. The Bertz CT molecular complexity index is 1340. The summed E-state index contributed by atoms with van der Waals surface area (Å²) in [6, 6.07) is 4.44. The second kappa shape index (κ2) is 11.1. The van der Waals surface area contributed by atoms with Crippen LogP contribution >= 0.6 is 0 Å². The molecule has 2 saturated carbocycles. The first-order valence-electron chi connectivity index (χ1n) is 13.2. The number of carbonyl (C=O) groups is 2. The fourth-order valence-corrected chi connectivity index (χ4v) is 5.29. The molecule has 0 saturated heterocycles. The van der Waals surface area contributed by atoms with Crippen molar-refractivity contribution in [3.05, 3.63) is 41.6 Å². The Balaban J connectivity index is 1.35. The zero-order valence-electron chi connectivity index (χ0n) is 22.0. The standard InChI is InChI=1S/C28H34FN5O4/c1-15-10-19(7-8-21(15)34-23(35)13-37-3)33-28(36)24-16(2)32-27-25(30-14-31-26(24)27)20-11-18(29)6-9-22(20)38-12-17-4-5-17/h6,9,11,14-15,17,19,21,32H,4-5,7-8,10,12-13H2,1-3H3,(H,33,36)(H,34,35)/t15-,19+,21+/m1/s1. The van der Waals surface area contributed by atoms with E-state index in [1.54, 1.807) is 6.07 Å². The van der Waals surface area contributed by atoms with Gasteiger partial charge in [0.05, 0.1) is 17.7 Å². The number of rotatable bonds is 9. The summed E-state index contributed by atoms with van der Waals surface area (Å²) in [5.41, 5.74) is 3.16. The summed E-state index contributed by atoms with van der Waals surface area (Å²) < 4.78 is 25.2. The Kier molecular flexibility index (Phi) is 7.60. The Morgan fingerprint density at radius 1 is 1.16 bits per heavy atom. The highest BCUT2D eigenvalue weighted by atomic mass is 19.1. The molecule has 3 atom stereocenters. The van der Waals surface area contributed by atoms with E-state index in [4.69, 9.17) is 9.47 Å². The second-order valence-corrected chi connectivity index (χ2v) is 10.5. The Morgan fingerprint density at radius 2 is 1.97 bits per heavy atom. The van der Waals surface area contributed by atoms with Gasteiger partial charge >= 0.3 is 0 Å². The van der Waals surface area contributed by atoms with Crippen LogP contribution in [0.15, 0.2) is 24.5 Å². The minimum absolute atomic E-state index is 0.0237. The van der Waals surface area contributed by atoms with Gasteiger partial charge < -0.3 is 25.1 Å². The number of methoxy groups -OCH3 is 1. The summed E-state index contributed by atoms with van der Waals surface area (Å²) in [4.78, 5) is 37.5. The van der Waals surface area contributed by atoms with Crippen molar-refractivity contribution in [2.75, 3.05) is 20.3 Å². The predicted molar refractivity (Wildman–Crippen MR) is 140 cm³/mol. The average molecular weight is 524 g/mol. The van der Waals surface area contributed by atoms with Gasteiger partial charge in [0.15, 0.2) is 0 Å². The van der Waals surface area contributed by atoms with Crippen molar-refractivity contribution in [1.29, 1.82) is 0 Å². The fourth-order valence-electron chi connectivity index (χ4n) is 5.29. The van der Waals surface area contributed by atoms with Crippen LogP contribution in [0.3, 0.4) is 0 Å². The van der Waals surface area contributed by atoms with Gasteiger partial charge in [-0.05, 0) is 69.1 Å². The summed E-state index contributed by atoms with van der Waals surface area (Å²) in [5.74, 6) is 0.559. The highest BCUT2D eigenvalue weighted by Crippen LogP contribution is 2.37. The molecular weight excluding hydrogens is 489 g/mol. The molecule has 5 rings (SSSR count). The zero-order valence-corrected chi connectivity index (χ0v) is 22.0. The highest BCUT2D eigenvalue weighted by Gasteiger charge is 2.31. The number of H-pyrrole nitrogens is 1. The minimum Gasteiger partial charge on any atom is -0.493 e. The Labute approximate surface area is 220 Å². The number of fused-ring (bicyclic) bond motifs is 1. The van der Waals surface area contributed by atoms with Crippen LogP contribution in [0.25, 0.3) is 22.3 Å². The lowest BCUT2D eigenvalue weighted by atomic mass is 9.82. The Hall–Kier alpha value is -3.53. The number of aromatic nitrogens is 3. The van der Waals surface area contributed by atoms with Gasteiger partial charge in [-0.2, -0.15) is 0 Å². The first kappa shape index (κ1) is 26.1. The van der Waals surface area contributed by atoms with Crippen molar-refractivity contribution in [2.45, 2.75) is 58.0 Å². The molecule has 3 N–H and O–H groups in total. The number of hydrogen-bond donors (Lipinski definition) is 3. The van der Waals surface area contributed by atoms with E-state index in [9.17, 15) is 14.0 Å². The summed E-state index contributed by atoms with van der Waals surface area (Å²) in [7, 11) is 1.50. The van der Waals surface area contributed by atoms with E-state index in [1.807, 2.05) is 6.92 Å². The number of benzene rings is 1. The SMILES string of the molecule is COCC(=O)N[C@H]1CC[C@H](NC(=O)c2c(C)[nH]c3c(-c4cc(F)ccc4OCC4CC4)ncnc23)C[C@H]1C. The van der Waals surface area contributed by atoms with Crippen LogP contribution in [0.5, 0.6) is 5.75 Å². The van der Waals surface area contributed by atoms with Crippen molar-refractivity contribution in [1.82, 2.24) is 25.6 Å². The third-order valence-corrected chi connectivity index (χ3v) is 7.49. The summed E-state index contributed by atoms with van der Waals surface area (Å²) >= 11 is 0. The summed E-state index contributed by atoms with van der Waals surface area (Å²) in [6.07, 6.45) is 5.95. The van der Waals surface area contributed by atoms with Gasteiger partial charge in [0, 0.05) is 30.5 Å². The summed E-state index contributed by atoms with van der Waals surface area (Å²) in [6.45, 7) is 4.52. The molecule has 0 radical (unpaired) electrons. The van der Waals surface area contributed by atoms with Crippen LogP contribution in [0.2, 0.25) is 0 Å². The van der Waals surface area contributed by atoms with Crippen LogP contribution < -0.4 is 15.4 Å². The monoisotopic (exact) mass is 523 g/mol. The molecule has 2 aliphatic carbocycles. The highest BCUT2D eigenvalue weighted by molar-refractivity contribution is 6.09. The van der Waals surface area contributed by atoms with Gasteiger partial charge in [-0.25, -0.2) is 14.4 Å². The smallest absolute Gasteiger partial charge is 0.255 e. The maximum absolute atomic E-state index is 14.3. The number of nitrogens with one attached hydrogen (secondary N) is 3. The molecule has 0 aliphatic heterocycles. The molecule has 2 amide bonds. The number of amides is 2. The molecule has 3 aromatic rings. The molecule has 10 heteroatoms. The van der Waals surface area contributed by atoms with Gasteiger partial charge in [0.1, 0.15) is 35.7 Å². The van der Waals surface area contributed by atoms with Crippen molar-refractivity contribution in [3.8, 4) is 17.0 Å². The van der Waals surface area contributed by atoms with Gasteiger partial charge in [-0.3, -0.25) is 9.59 Å². The second-order valence-electron chi connectivity index (χ2n) is 10.5. The van der Waals surface area contributed by atoms with Crippen LogP contribution in [0.1, 0.15) is 55.1 Å². The lowest BCUT2D eigenvalue weighted by molar-refractivity contribution is -0.126. The molecule has 0 unspecified atom stereocenters. The first-order chi connectivity index (χ1) is 18.3. The van der Waals surface area contributed by atoms with Crippen LogP contribution in [-0.2, 0) is 9.53 Å². The fraction of sp³-hybridized carbons (Fsp3) is 0.500. The number of carbonyl (C=O) groups excluding carboxylic acids is 2. The van der Waals surface area contributed by atoms with Crippen molar-refractivity contribution < 1.29 is 23.5 Å². The minimum atomic E-state index is -0.394. The number of nitrogens with zero attached hydrogens (tertiary/aromatic N) is 2. The number of hydrogen-bond acceptors (Lipinski definition) is 6. The molecule has 202 valence electrons. The van der Waals surface area contributed by atoms with Crippen LogP contribution in [-0.4, -0.2) is 59.2 Å². The van der Waals surface area contributed by atoms with Crippen molar-refractivity contribution in [2.24, 2.45) is 11.8 Å². The van der Waals surface area contributed by atoms with E-state index in [0.29, 0.717) is 51.8 Å². The van der Waals surface area contributed by atoms with Gasteiger partial charge in [-0.15, -0.1) is 0 Å². The number of aromatic amines is 1. The molecule has 0 spiro atoms. The predicted octanol–water partition coefficient (Wildman–Crippen LogP) is 3.91. The molecule has 0 bridgehead atoms. The van der Waals surface area contributed by atoms with E-state index in [2.05, 4.69) is 32.5 Å². The van der Waals surface area contributed by atoms with E-state index in [1.165, 1.54) is 25.6 Å². The van der Waals surface area contributed by atoms with Gasteiger partial charge in [0.2, 0.25) is 5.91 Å². The van der Waals surface area contributed by atoms with E-state index in [-0.39, 0.29) is 36.4 Å². The molecular formula is C28H34FN5O4. The first-order valence-corrected chi connectivity index (χ1v) is 13.2. The molecule has 9 nitrogen and oxygen atoms in total. The third kappa shape index (κ3) is 5.65. The molecule has 2 fully saturated rings.